The first-order valence-electron chi connectivity index (χ1n) is 6.92. The minimum Gasteiger partial charge on any atom is -0.378 e. The lowest BCUT2D eigenvalue weighted by Crippen LogP contribution is -2.48. The predicted octanol–water partition coefficient (Wildman–Crippen LogP) is 1.83. The van der Waals surface area contributed by atoms with Crippen molar-refractivity contribution in [3.63, 3.8) is 0 Å². The molecular weight excluding hydrogens is 325 g/mol. The standard InChI is InChI=1S/C15H23N3O2.2ClH/c1-11-4-5-12(9-18(2)3)8-13(11)17-15(19)14-10-20-7-6-16-14;;/h4-5,8,14,16H,6-7,9-10H2,1-3H3,(H,17,19);2*1H. The summed E-state index contributed by atoms with van der Waals surface area (Å²) in [5.74, 6) is -0.0326. The average molecular weight is 350 g/mol. The van der Waals surface area contributed by atoms with Gasteiger partial charge in [0.1, 0.15) is 6.04 Å². The number of ether oxygens (including phenoxy) is 1. The molecule has 1 atom stereocenters. The molecule has 126 valence electrons. The van der Waals surface area contributed by atoms with Gasteiger partial charge in [0.25, 0.3) is 0 Å². The maximum absolute atomic E-state index is 12.2. The molecular formula is C15H25Cl2N3O2. The van der Waals surface area contributed by atoms with Crippen molar-refractivity contribution in [3.05, 3.63) is 29.3 Å². The van der Waals surface area contributed by atoms with E-state index in [4.69, 9.17) is 4.74 Å². The third-order valence-electron chi connectivity index (χ3n) is 3.30. The predicted molar refractivity (Wildman–Crippen MR) is 94.3 cm³/mol. The van der Waals surface area contributed by atoms with Gasteiger partial charge in [-0.2, -0.15) is 0 Å². The summed E-state index contributed by atoms with van der Waals surface area (Å²) in [6.45, 7) is 4.68. The minimum atomic E-state index is -0.263. The van der Waals surface area contributed by atoms with Gasteiger partial charge in [0.05, 0.1) is 13.2 Å². The van der Waals surface area contributed by atoms with Crippen molar-refractivity contribution in [2.45, 2.75) is 19.5 Å². The molecule has 5 nitrogen and oxygen atoms in total. The summed E-state index contributed by atoms with van der Waals surface area (Å²) >= 11 is 0. The molecule has 1 aliphatic heterocycles. The highest BCUT2D eigenvalue weighted by Crippen LogP contribution is 2.18. The highest BCUT2D eigenvalue weighted by Gasteiger charge is 2.21. The van der Waals surface area contributed by atoms with Crippen molar-refractivity contribution in [2.75, 3.05) is 39.2 Å². The lowest BCUT2D eigenvalue weighted by Gasteiger charge is -2.23. The van der Waals surface area contributed by atoms with Gasteiger partial charge in [0.15, 0.2) is 0 Å². The van der Waals surface area contributed by atoms with E-state index in [1.165, 1.54) is 5.56 Å². The topological polar surface area (TPSA) is 53.6 Å². The number of nitrogens with zero attached hydrogens (tertiary/aromatic N) is 1. The zero-order chi connectivity index (χ0) is 14.5. The number of hydrogen-bond acceptors (Lipinski definition) is 4. The summed E-state index contributed by atoms with van der Waals surface area (Å²) in [7, 11) is 4.06. The van der Waals surface area contributed by atoms with Crippen LogP contribution in [0.25, 0.3) is 0 Å². The van der Waals surface area contributed by atoms with E-state index in [0.717, 1.165) is 24.3 Å². The van der Waals surface area contributed by atoms with Crippen LogP contribution in [0, 0.1) is 6.92 Å². The summed E-state index contributed by atoms with van der Waals surface area (Å²) < 4.78 is 5.32. The van der Waals surface area contributed by atoms with E-state index in [9.17, 15) is 4.79 Å². The van der Waals surface area contributed by atoms with E-state index in [2.05, 4.69) is 21.6 Å². The van der Waals surface area contributed by atoms with Crippen LogP contribution >= 0.6 is 24.8 Å². The zero-order valence-corrected chi connectivity index (χ0v) is 14.9. The molecule has 1 saturated heterocycles. The molecule has 0 spiro atoms. The first-order chi connectivity index (χ1) is 9.56. The fourth-order valence-corrected chi connectivity index (χ4v) is 2.22. The number of carbonyl (C=O) groups is 1. The number of anilines is 1. The molecule has 0 aromatic heterocycles. The number of hydrogen-bond donors (Lipinski definition) is 2. The summed E-state index contributed by atoms with van der Waals surface area (Å²) in [5, 5.41) is 6.15. The maximum atomic E-state index is 12.2. The molecule has 1 aliphatic rings. The maximum Gasteiger partial charge on any atom is 0.243 e. The summed E-state index contributed by atoms with van der Waals surface area (Å²) in [6, 6.07) is 5.91. The molecule has 2 rings (SSSR count). The van der Waals surface area contributed by atoms with Crippen LogP contribution in [0.4, 0.5) is 5.69 Å². The van der Waals surface area contributed by atoms with Gasteiger partial charge >= 0.3 is 0 Å². The highest BCUT2D eigenvalue weighted by atomic mass is 35.5. The molecule has 0 bridgehead atoms. The van der Waals surface area contributed by atoms with Gasteiger partial charge in [0.2, 0.25) is 5.91 Å². The number of carbonyl (C=O) groups excluding carboxylic acids is 1. The quantitative estimate of drug-likeness (QED) is 0.870. The van der Waals surface area contributed by atoms with Gasteiger partial charge in [-0.1, -0.05) is 12.1 Å². The fraction of sp³-hybridized carbons (Fsp3) is 0.533. The molecule has 2 N–H and O–H groups in total. The number of halogens is 2. The first kappa shape index (κ1) is 21.1. The van der Waals surface area contributed by atoms with Crippen LogP contribution in [0.5, 0.6) is 0 Å². The summed E-state index contributed by atoms with van der Waals surface area (Å²) in [4.78, 5) is 14.3. The SMILES string of the molecule is Cc1ccc(CN(C)C)cc1NC(=O)C1COCCN1.Cl.Cl. The Balaban J connectivity index is 0.00000220. The van der Waals surface area contributed by atoms with Gasteiger partial charge in [-0.3, -0.25) is 4.79 Å². The third-order valence-corrected chi connectivity index (χ3v) is 3.30. The van der Waals surface area contributed by atoms with Crippen LogP contribution in [-0.2, 0) is 16.1 Å². The van der Waals surface area contributed by atoms with E-state index < -0.39 is 0 Å². The van der Waals surface area contributed by atoms with Gasteiger partial charge in [-0.15, -0.1) is 24.8 Å². The smallest absolute Gasteiger partial charge is 0.243 e. The van der Waals surface area contributed by atoms with Gasteiger partial charge in [-0.25, -0.2) is 0 Å². The third kappa shape index (κ3) is 6.10. The zero-order valence-electron chi connectivity index (χ0n) is 13.2. The van der Waals surface area contributed by atoms with Crippen LogP contribution < -0.4 is 10.6 Å². The Hall–Kier alpha value is -0.850. The Labute approximate surface area is 144 Å². The molecule has 0 aliphatic carbocycles. The molecule has 7 heteroatoms. The van der Waals surface area contributed by atoms with Crippen LogP contribution in [0.15, 0.2) is 18.2 Å². The van der Waals surface area contributed by atoms with Crippen LogP contribution in [0.1, 0.15) is 11.1 Å². The van der Waals surface area contributed by atoms with E-state index in [0.29, 0.717) is 13.2 Å². The molecule has 0 saturated carbocycles. The number of aryl methyl sites for hydroxylation is 1. The largest absolute Gasteiger partial charge is 0.378 e. The second-order valence-corrected chi connectivity index (χ2v) is 5.46. The van der Waals surface area contributed by atoms with Crippen LogP contribution in [0.3, 0.4) is 0 Å². The van der Waals surface area contributed by atoms with Gasteiger partial charge < -0.3 is 20.3 Å². The van der Waals surface area contributed by atoms with Crippen LogP contribution in [-0.4, -0.2) is 50.7 Å². The molecule has 1 unspecified atom stereocenters. The number of amides is 1. The second-order valence-electron chi connectivity index (χ2n) is 5.46. The number of morpholine rings is 1. The molecule has 1 aromatic rings. The monoisotopic (exact) mass is 349 g/mol. The number of rotatable bonds is 4. The Bertz CT molecular complexity index is 478. The van der Waals surface area contributed by atoms with Gasteiger partial charge in [-0.05, 0) is 38.2 Å². The van der Waals surface area contributed by atoms with E-state index >= 15 is 0 Å². The number of benzene rings is 1. The van der Waals surface area contributed by atoms with Gasteiger partial charge in [0, 0.05) is 18.8 Å². The number of nitrogens with one attached hydrogen (secondary N) is 2. The van der Waals surface area contributed by atoms with Crippen molar-refractivity contribution >= 4 is 36.4 Å². The Morgan fingerprint density at radius 1 is 1.41 bits per heavy atom. The summed E-state index contributed by atoms with van der Waals surface area (Å²) in [5.41, 5.74) is 3.13. The van der Waals surface area contributed by atoms with Crippen molar-refractivity contribution in [1.82, 2.24) is 10.2 Å². The van der Waals surface area contributed by atoms with Crippen molar-refractivity contribution in [2.24, 2.45) is 0 Å². The van der Waals surface area contributed by atoms with Crippen LogP contribution in [0.2, 0.25) is 0 Å². The van der Waals surface area contributed by atoms with Crippen molar-refractivity contribution in [1.29, 1.82) is 0 Å². The second kappa shape index (κ2) is 10.0. The first-order valence-corrected chi connectivity index (χ1v) is 6.92. The normalized spacial score (nSPS) is 17.4. The Morgan fingerprint density at radius 3 is 2.73 bits per heavy atom. The van der Waals surface area contributed by atoms with Crippen molar-refractivity contribution in [3.8, 4) is 0 Å². The molecule has 1 fully saturated rings. The van der Waals surface area contributed by atoms with Crippen molar-refractivity contribution < 1.29 is 9.53 Å². The molecule has 22 heavy (non-hydrogen) atoms. The lowest BCUT2D eigenvalue weighted by atomic mass is 10.1. The Morgan fingerprint density at radius 2 is 2.14 bits per heavy atom. The average Bonchev–Trinajstić information content (AvgIpc) is 2.43. The molecule has 0 radical (unpaired) electrons. The van der Waals surface area contributed by atoms with E-state index in [-0.39, 0.29) is 36.8 Å². The summed E-state index contributed by atoms with van der Waals surface area (Å²) in [6.07, 6.45) is 0. The molecule has 1 amide bonds. The molecule has 1 aromatic carbocycles. The fourth-order valence-electron chi connectivity index (χ4n) is 2.22. The minimum absolute atomic E-state index is 0. The molecule has 1 heterocycles. The van der Waals surface area contributed by atoms with E-state index in [1.54, 1.807) is 0 Å². The lowest BCUT2D eigenvalue weighted by molar-refractivity contribution is -0.120. The van der Waals surface area contributed by atoms with E-state index in [1.807, 2.05) is 33.2 Å². The highest BCUT2D eigenvalue weighted by molar-refractivity contribution is 5.95. The Kier molecular flexibility index (Phi) is 9.64.